The van der Waals surface area contributed by atoms with Crippen LogP contribution in [0, 0.1) is 11.7 Å². The molecule has 0 bridgehead atoms. The van der Waals surface area contributed by atoms with Gasteiger partial charge in [-0.3, -0.25) is 4.79 Å². The first-order chi connectivity index (χ1) is 13.6. The van der Waals surface area contributed by atoms with Crippen LogP contribution in [0.3, 0.4) is 0 Å². The molecule has 1 unspecified atom stereocenters. The van der Waals surface area contributed by atoms with Crippen molar-refractivity contribution in [1.29, 1.82) is 0 Å². The zero-order valence-corrected chi connectivity index (χ0v) is 16.2. The molecule has 0 saturated carbocycles. The normalized spacial score (nSPS) is 16.4. The summed E-state index contributed by atoms with van der Waals surface area (Å²) >= 11 is 0. The van der Waals surface area contributed by atoms with Gasteiger partial charge in [-0.05, 0) is 60.9 Å². The molecule has 2 aromatic carbocycles. The van der Waals surface area contributed by atoms with Crippen molar-refractivity contribution in [2.75, 3.05) is 38.8 Å². The van der Waals surface area contributed by atoms with Gasteiger partial charge in [0.25, 0.3) is 0 Å². The molecular weight excluding hydrogens is 359 g/mol. The van der Waals surface area contributed by atoms with Crippen molar-refractivity contribution in [2.24, 2.45) is 5.92 Å². The maximum Gasteiger partial charge on any atom is 0.244 e. The molecule has 3 rings (SSSR count). The third kappa shape index (κ3) is 5.03. The number of hydrogen-bond donors (Lipinski definition) is 1. The Bertz CT molecular complexity index is 836. The molecule has 1 aliphatic heterocycles. The summed E-state index contributed by atoms with van der Waals surface area (Å²) in [5.74, 6) is 1.37. The summed E-state index contributed by atoms with van der Waals surface area (Å²) in [6, 6.07) is 12.0. The van der Waals surface area contributed by atoms with Gasteiger partial charge >= 0.3 is 0 Å². The Hall–Kier alpha value is -3.02. The number of ether oxygens (including phenoxy) is 2. The van der Waals surface area contributed by atoms with E-state index in [0.29, 0.717) is 24.0 Å². The van der Waals surface area contributed by atoms with Crippen LogP contribution < -0.4 is 19.7 Å². The van der Waals surface area contributed by atoms with E-state index in [2.05, 4.69) is 10.2 Å². The second-order valence-electron chi connectivity index (χ2n) is 6.76. The summed E-state index contributed by atoms with van der Waals surface area (Å²) < 4.78 is 23.6. The van der Waals surface area contributed by atoms with Gasteiger partial charge in [-0.25, -0.2) is 4.39 Å². The number of nitrogens with zero attached hydrogens (tertiary/aromatic N) is 1. The highest BCUT2D eigenvalue weighted by atomic mass is 19.1. The average Bonchev–Trinajstić information content (AvgIpc) is 3.20. The number of halogens is 1. The highest BCUT2D eigenvalue weighted by Crippen LogP contribution is 2.25. The van der Waals surface area contributed by atoms with Gasteiger partial charge in [0.05, 0.1) is 14.2 Å². The van der Waals surface area contributed by atoms with Crippen molar-refractivity contribution in [1.82, 2.24) is 5.32 Å². The van der Waals surface area contributed by atoms with Crippen LogP contribution >= 0.6 is 0 Å². The Labute approximate surface area is 164 Å². The molecule has 1 aliphatic rings. The average molecular weight is 384 g/mol. The highest BCUT2D eigenvalue weighted by molar-refractivity contribution is 5.92. The molecule has 148 valence electrons. The number of benzene rings is 2. The molecule has 0 aliphatic carbocycles. The topological polar surface area (TPSA) is 50.8 Å². The van der Waals surface area contributed by atoms with E-state index in [1.807, 2.05) is 12.1 Å². The zero-order valence-electron chi connectivity index (χ0n) is 16.2. The van der Waals surface area contributed by atoms with Crippen molar-refractivity contribution >= 4 is 17.7 Å². The minimum absolute atomic E-state index is 0.148. The minimum atomic E-state index is -0.230. The summed E-state index contributed by atoms with van der Waals surface area (Å²) in [4.78, 5) is 14.4. The lowest BCUT2D eigenvalue weighted by Crippen LogP contribution is -2.29. The molecule has 0 aromatic heterocycles. The van der Waals surface area contributed by atoms with E-state index in [0.717, 1.165) is 30.8 Å². The molecule has 28 heavy (non-hydrogen) atoms. The quantitative estimate of drug-likeness (QED) is 0.743. The van der Waals surface area contributed by atoms with Crippen molar-refractivity contribution in [3.8, 4) is 11.5 Å². The van der Waals surface area contributed by atoms with Crippen LogP contribution in [0.5, 0.6) is 11.5 Å². The molecule has 1 atom stereocenters. The predicted molar refractivity (Wildman–Crippen MR) is 108 cm³/mol. The van der Waals surface area contributed by atoms with Gasteiger partial charge in [0.1, 0.15) is 17.3 Å². The number of amides is 1. The Kier molecular flexibility index (Phi) is 6.53. The monoisotopic (exact) mass is 384 g/mol. The van der Waals surface area contributed by atoms with Gasteiger partial charge in [0, 0.05) is 37.0 Å². The molecular formula is C22H25FN2O3. The Morgan fingerprint density at radius 3 is 2.71 bits per heavy atom. The van der Waals surface area contributed by atoms with Gasteiger partial charge in [0.15, 0.2) is 0 Å². The highest BCUT2D eigenvalue weighted by Gasteiger charge is 2.22. The summed E-state index contributed by atoms with van der Waals surface area (Å²) in [7, 11) is 3.19. The van der Waals surface area contributed by atoms with E-state index >= 15 is 0 Å². The zero-order chi connectivity index (χ0) is 19.9. The molecule has 1 amide bonds. The van der Waals surface area contributed by atoms with Crippen LogP contribution in [0.2, 0.25) is 0 Å². The van der Waals surface area contributed by atoms with Crippen LogP contribution in [-0.4, -0.2) is 39.8 Å². The third-order valence-electron chi connectivity index (χ3n) is 4.89. The van der Waals surface area contributed by atoms with Crippen molar-refractivity contribution in [3.63, 3.8) is 0 Å². The first-order valence-corrected chi connectivity index (χ1v) is 9.27. The molecule has 0 radical (unpaired) electrons. The third-order valence-corrected chi connectivity index (χ3v) is 4.89. The largest absolute Gasteiger partial charge is 0.497 e. The lowest BCUT2D eigenvalue weighted by atomic mass is 10.1. The molecule has 1 heterocycles. The number of carbonyl (C=O) groups is 1. The number of rotatable bonds is 7. The molecule has 0 spiro atoms. The van der Waals surface area contributed by atoms with Crippen LogP contribution in [0.15, 0.2) is 48.5 Å². The first-order valence-electron chi connectivity index (χ1n) is 9.27. The van der Waals surface area contributed by atoms with Crippen molar-refractivity contribution in [3.05, 3.63) is 59.9 Å². The maximum absolute atomic E-state index is 13.1. The van der Waals surface area contributed by atoms with Crippen molar-refractivity contribution < 1.29 is 18.7 Å². The number of hydrogen-bond acceptors (Lipinski definition) is 4. The van der Waals surface area contributed by atoms with E-state index in [1.165, 1.54) is 18.2 Å². The Morgan fingerprint density at radius 2 is 2.00 bits per heavy atom. The van der Waals surface area contributed by atoms with E-state index < -0.39 is 0 Å². The molecule has 2 aromatic rings. The fourth-order valence-electron chi connectivity index (χ4n) is 3.32. The fourth-order valence-corrected chi connectivity index (χ4v) is 3.32. The molecule has 1 fully saturated rings. The summed E-state index contributed by atoms with van der Waals surface area (Å²) in [5.41, 5.74) is 1.79. The number of carbonyl (C=O) groups excluding carboxylic acids is 1. The number of anilines is 1. The van der Waals surface area contributed by atoms with E-state index in [1.54, 1.807) is 38.5 Å². The summed E-state index contributed by atoms with van der Waals surface area (Å²) in [6.45, 7) is 2.36. The van der Waals surface area contributed by atoms with Gasteiger partial charge in [-0.15, -0.1) is 0 Å². The van der Waals surface area contributed by atoms with Gasteiger partial charge in [-0.2, -0.15) is 0 Å². The van der Waals surface area contributed by atoms with Crippen LogP contribution in [-0.2, 0) is 4.79 Å². The maximum atomic E-state index is 13.1. The number of nitrogens with one attached hydrogen (secondary N) is 1. The molecule has 1 saturated heterocycles. The van der Waals surface area contributed by atoms with Gasteiger partial charge in [-0.1, -0.05) is 0 Å². The number of methoxy groups -OCH3 is 2. The summed E-state index contributed by atoms with van der Waals surface area (Å²) in [6.07, 6.45) is 4.21. The molecule has 1 N–H and O–H groups in total. The standard InChI is InChI=1S/C22H25FN2O3/c1-27-20-8-9-21(28-2)17(13-20)3-10-22(26)24-14-16-11-12-25(15-16)19-6-4-18(23)5-7-19/h3-10,13,16H,11-12,14-15H2,1-2H3,(H,24,26). The fraction of sp³-hybridized carbons (Fsp3) is 0.318. The molecule has 6 heteroatoms. The van der Waals surface area contributed by atoms with Gasteiger partial charge in [0.2, 0.25) is 5.91 Å². The van der Waals surface area contributed by atoms with Crippen LogP contribution in [0.4, 0.5) is 10.1 Å². The lowest BCUT2D eigenvalue weighted by Gasteiger charge is -2.18. The minimum Gasteiger partial charge on any atom is -0.497 e. The Balaban J connectivity index is 1.51. The predicted octanol–water partition coefficient (Wildman–Crippen LogP) is 3.50. The van der Waals surface area contributed by atoms with Gasteiger partial charge < -0.3 is 19.7 Å². The smallest absolute Gasteiger partial charge is 0.244 e. The SMILES string of the molecule is COc1ccc(OC)c(C=CC(=O)NCC2CCN(c3ccc(F)cc3)C2)c1. The molecule has 5 nitrogen and oxygen atoms in total. The first kappa shape index (κ1) is 19.7. The van der Waals surface area contributed by atoms with E-state index in [4.69, 9.17) is 9.47 Å². The second kappa shape index (κ2) is 9.26. The lowest BCUT2D eigenvalue weighted by molar-refractivity contribution is -0.116. The Morgan fingerprint density at radius 1 is 1.21 bits per heavy atom. The van der Waals surface area contributed by atoms with Crippen LogP contribution in [0.1, 0.15) is 12.0 Å². The van der Waals surface area contributed by atoms with Crippen molar-refractivity contribution in [2.45, 2.75) is 6.42 Å². The van der Waals surface area contributed by atoms with E-state index in [-0.39, 0.29) is 11.7 Å². The van der Waals surface area contributed by atoms with Crippen LogP contribution in [0.25, 0.3) is 6.08 Å². The second-order valence-corrected chi connectivity index (χ2v) is 6.76. The summed E-state index contributed by atoms with van der Waals surface area (Å²) in [5, 5.41) is 2.96. The van der Waals surface area contributed by atoms with E-state index in [9.17, 15) is 9.18 Å².